The summed E-state index contributed by atoms with van der Waals surface area (Å²) in [5, 5.41) is 2.99. The largest absolute Gasteiger partial charge is 0.444 e. The highest BCUT2D eigenvalue weighted by atomic mass is 19.4. The maximum absolute atomic E-state index is 12.5. The average Bonchev–Trinajstić information content (AvgIpc) is 2.92. The van der Waals surface area contributed by atoms with Gasteiger partial charge < -0.3 is 15.0 Å². The van der Waals surface area contributed by atoms with Crippen molar-refractivity contribution in [3.05, 3.63) is 23.3 Å². The Morgan fingerprint density at radius 3 is 2.52 bits per heavy atom. The first-order chi connectivity index (χ1) is 15.5. The number of halogens is 3. The van der Waals surface area contributed by atoms with E-state index < -0.39 is 18.2 Å². The van der Waals surface area contributed by atoms with Crippen molar-refractivity contribution in [3.63, 3.8) is 0 Å². The molecule has 9 heteroatoms. The Labute approximate surface area is 194 Å². The third-order valence-corrected chi connectivity index (χ3v) is 6.42. The Bertz CT molecular complexity index is 787. The molecular weight excluding hydrogens is 433 g/mol. The number of fused-ring (bicyclic) bond motifs is 1. The highest BCUT2D eigenvalue weighted by molar-refractivity contribution is 5.68. The molecule has 0 spiro atoms. The molecule has 0 bridgehead atoms. The summed E-state index contributed by atoms with van der Waals surface area (Å²) in [5.41, 5.74) is 1.48. The number of alkyl carbamates (subject to hydrolysis) is 1. The van der Waals surface area contributed by atoms with E-state index in [1.54, 1.807) is 6.20 Å². The highest BCUT2D eigenvalue weighted by Gasteiger charge is 2.28. The van der Waals surface area contributed by atoms with Gasteiger partial charge in [-0.25, -0.2) is 14.8 Å². The molecule has 33 heavy (non-hydrogen) atoms. The Hall–Kier alpha value is -1.90. The number of alkyl halides is 3. The van der Waals surface area contributed by atoms with Crippen molar-refractivity contribution in [1.82, 2.24) is 20.2 Å². The number of hydrogen-bond acceptors (Lipinski definition) is 5. The normalized spacial score (nSPS) is 22.4. The molecule has 2 aliphatic rings. The number of hydrogen-bond donors (Lipinski definition) is 1. The van der Waals surface area contributed by atoms with E-state index >= 15 is 0 Å². The van der Waals surface area contributed by atoms with E-state index in [-0.39, 0.29) is 24.4 Å². The van der Waals surface area contributed by atoms with Crippen LogP contribution in [0.4, 0.5) is 18.0 Å². The molecular formula is C24H37F3N4O2. The Morgan fingerprint density at radius 1 is 1.15 bits per heavy atom. The fourth-order valence-corrected chi connectivity index (χ4v) is 4.60. The molecule has 1 fully saturated rings. The first kappa shape index (κ1) is 25.7. The van der Waals surface area contributed by atoms with Gasteiger partial charge in [0.25, 0.3) is 0 Å². The second-order valence-electron chi connectivity index (χ2n) is 10.4. The summed E-state index contributed by atoms with van der Waals surface area (Å²) >= 11 is 0. The summed E-state index contributed by atoms with van der Waals surface area (Å²) in [4.78, 5) is 23.0. The SMILES string of the molecule is CC(C)(C)OC(=O)N[C@H]1CC[C@H](CCN2CCc3cnc(CCC(F)(F)F)nc3CC2)CC1. The number of carbonyl (C=O) groups excluding carboxylic acids is 1. The van der Waals surface area contributed by atoms with Crippen molar-refractivity contribution in [2.24, 2.45) is 5.92 Å². The maximum Gasteiger partial charge on any atom is 0.407 e. The summed E-state index contributed by atoms with van der Waals surface area (Å²) in [5.74, 6) is 0.942. The summed E-state index contributed by atoms with van der Waals surface area (Å²) in [6.45, 7) is 8.40. The molecule has 3 rings (SSSR count). The van der Waals surface area contributed by atoms with Crippen molar-refractivity contribution in [2.75, 3.05) is 19.6 Å². The lowest BCUT2D eigenvalue weighted by Gasteiger charge is -2.31. The van der Waals surface area contributed by atoms with Gasteiger partial charge in [-0.05, 0) is 77.3 Å². The van der Waals surface area contributed by atoms with Crippen LogP contribution in [0.5, 0.6) is 0 Å². The molecule has 0 atom stereocenters. The van der Waals surface area contributed by atoms with Crippen LogP contribution in [0.3, 0.4) is 0 Å². The molecule has 1 aromatic rings. The van der Waals surface area contributed by atoms with Gasteiger partial charge >= 0.3 is 12.3 Å². The average molecular weight is 471 g/mol. The Kier molecular flexibility index (Phi) is 8.59. The molecule has 0 radical (unpaired) electrons. The summed E-state index contributed by atoms with van der Waals surface area (Å²) < 4.78 is 42.8. The van der Waals surface area contributed by atoms with Crippen molar-refractivity contribution in [3.8, 4) is 0 Å². The number of nitrogens with one attached hydrogen (secondary N) is 1. The zero-order valence-electron chi connectivity index (χ0n) is 20.0. The van der Waals surface area contributed by atoms with Crippen LogP contribution in [-0.2, 0) is 24.0 Å². The summed E-state index contributed by atoms with van der Waals surface area (Å²) in [6.07, 6.45) is 3.03. The van der Waals surface area contributed by atoms with Crippen LogP contribution in [0.15, 0.2) is 6.20 Å². The number of aryl methyl sites for hydroxylation is 1. The van der Waals surface area contributed by atoms with Crippen LogP contribution < -0.4 is 5.32 Å². The van der Waals surface area contributed by atoms with Crippen LogP contribution in [0.1, 0.15) is 76.4 Å². The van der Waals surface area contributed by atoms with Crippen LogP contribution in [0, 0.1) is 5.92 Å². The Balaban J connectivity index is 1.38. The summed E-state index contributed by atoms with van der Waals surface area (Å²) in [7, 11) is 0. The molecule has 1 aliphatic heterocycles. The second kappa shape index (κ2) is 11.0. The molecule has 1 amide bonds. The molecule has 0 aromatic carbocycles. The first-order valence-corrected chi connectivity index (χ1v) is 12.1. The number of carbonyl (C=O) groups is 1. The predicted molar refractivity (Wildman–Crippen MR) is 120 cm³/mol. The van der Waals surface area contributed by atoms with Crippen LogP contribution in [0.2, 0.25) is 0 Å². The molecule has 1 aromatic heterocycles. The lowest BCUT2D eigenvalue weighted by atomic mass is 9.84. The van der Waals surface area contributed by atoms with E-state index in [1.807, 2.05) is 20.8 Å². The topological polar surface area (TPSA) is 67.3 Å². The smallest absolute Gasteiger partial charge is 0.407 e. The Morgan fingerprint density at radius 2 is 1.85 bits per heavy atom. The third kappa shape index (κ3) is 9.10. The minimum atomic E-state index is -4.18. The van der Waals surface area contributed by atoms with E-state index in [2.05, 4.69) is 20.2 Å². The molecule has 2 heterocycles. The van der Waals surface area contributed by atoms with Gasteiger partial charge in [0.15, 0.2) is 0 Å². The summed E-state index contributed by atoms with van der Waals surface area (Å²) in [6, 6.07) is 0.189. The molecule has 0 saturated heterocycles. The zero-order valence-corrected chi connectivity index (χ0v) is 20.0. The molecule has 186 valence electrons. The standard InChI is InChI=1S/C24H37F3N4O2/c1-23(2,3)33-22(32)29-19-6-4-17(5-7-19)9-13-31-14-10-18-16-28-21(8-12-24(25,26)27)30-20(18)11-15-31/h16-17,19H,4-15H2,1-3H3,(H,29,32)/t17-,19-. The van der Waals surface area contributed by atoms with Gasteiger partial charge in [0, 0.05) is 43.9 Å². The lowest BCUT2D eigenvalue weighted by Crippen LogP contribution is -2.41. The number of nitrogens with zero attached hydrogens (tertiary/aromatic N) is 3. The van der Waals surface area contributed by atoms with E-state index in [4.69, 9.17) is 4.74 Å². The van der Waals surface area contributed by atoms with Crippen molar-refractivity contribution in [1.29, 1.82) is 0 Å². The second-order valence-corrected chi connectivity index (χ2v) is 10.4. The molecule has 1 saturated carbocycles. The number of rotatable bonds is 6. The van der Waals surface area contributed by atoms with Gasteiger partial charge in [-0.1, -0.05) is 0 Å². The quantitative estimate of drug-likeness (QED) is 0.644. The van der Waals surface area contributed by atoms with Gasteiger partial charge in [0.2, 0.25) is 0 Å². The van der Waals surface area contributed by atoms with E-state index in [1.165, 1.54) is 0 Å². The predicted octanol–water partition coefficient (Wildman–Crippen LogP) is 4.85. The maximum atomic E-state index is 12.5. The molecule has 6 nitrogen and oxygen atoms in total. The van der Waals surface area contributed by atoms with Gasteiger partial charge in [0.1, 0.15) is 11.4 Å². The van der Waals surface area contributed by atoms with Crippen LogP contribution in [-0.4, -0.2) is 58.4 Å². The van der Waals surface area contributed by atoms with Crippen LogP contribution >= 0.6 is 0 Å². The third-order valence-electron chi connectivity index (χ3n) is 6.42. The highest BCUT2D eigenvalue weighted by Crippen LogP contribution is 2.28. The van der Waals surface area contributed by atoms with E-state index in [0.717, 1.165) is 75.8 Å². The van der Waals surface area contributed by atoms with Crippen molar-refractivity contribution < 1.29 is 22.7 Å². The van der Waals surface area contributed by atoms with E-state index in [9.17, 15) is 18.0 Å². The molecule has 1 aliphatic carbocycles. The fraction of sp³-hybridized carbons (Fsp3) is 0.792. The van der Waals surface area contributed by atoms with Gasteiger partial charge in [-0.3, -0.25) is 0 Å². The monoisotopic (exact) mass is 470 g/mol. The molecule has 1 N–H and O–H groups in total. The van der Waals surface area contributed by atoms with Gasteiger partial charge in [-0.2, -0.15) is 13.2 Å². The van der Waals surface area contributed by atoms with E-state index in [0.29, 0.717) is 5.92 Å². The van der Waals surface area contributed by atoms with Crippen molar-refractivity contribution in [2.45, 2.75) is 96.4 Å². The number of amides is 1. The minimum Gasteiger partial charge on any atom is -0.444 e. The lowest BCUT2D eigenvalue weighted by molar-refractivity contribution is -0.134. The minimum absolute atomic E-state index is 0.161. The molecule has 0 unspecified atom stereocenters. The number of aromatic nitrogens is 2. The first-order valence-electron chi connectivity index (χ1n) is 12.1. The van der Waals surface area contributed by atoms with Crippen LogP contribution in [0.25, 0.3) is 0 Å². The van der Waals surface area contributed by atoms with Gasteiger partial charge in [-0.15, -0.1) is 0 Å². The zero-order chi connectivity index (χ0) is 24.1. The number of ether oxygens (including phenoxy) is 1. The van der Waals surface area contributed by atoms with Gasteiger partial charge in [0.05, 0.1) is 6.42 Å². The van der Waals surface area contributed by atoms with Crippen molar-refractivity contribution >= 4 is 6.09 Å². The fourth-order valence-electron chi connectivity index (χ4n) is 4.60.